The molecule has 2 aliphatic rings. The van der Waals surface area contributed by atoms with Gasteiger partial charge in [-0.25, -0.2) is 4.79 Å². The summed E-state index contributed by atoms with van der Waals surface area (Å²) >= 11 is 0. The Bertz CT molecular complexity index is 742. The van der Waals surface area contributed by atoms with Gasteiger partial charge in [0.2, 0.25) is 0 Å². The molecule has 0 spiro atoms. The summed E-state index contributed by atoms with van der Waals surface area (Å²) in [6, 6.07) is 0. The van der Waals surface area contributed by atoms with Crippen LogP contribution in [0.3, 0.4) is 0 Å². The number of hydrogen-bond donors (Lipinski definition) is 1. The van der Waals surface area contributed by atoms with Gasteiger partial charge in [-0.3, -0.25) is 0 Å². The Morgan fingerprint density at radius 1 is 1.19 bits per heavy atom. The minimum Gasteiger partial charge on any atom is -0.494 e. The number of carboxylic acid groups (broad SMARTS) is 1. The molecule has 0 aromatic rings. The molecule has 1 saturated heterocycles. The van der Waals surface area contributed by atoms with Gasteiger partial charge in [0.05, 0.1) is 6.61 Å². The van der Waals surface area contributed by atoms with E-state index in [4.69, 9.17) is 9.84 Å². The van der Waals surface area contributed by atoms with Gasteiger partial charge in [-0.05, 0) is 75.3 Å². The van der Waals surface area contributed by atoms with Gasteiger partial charge in [-0.1, -0.05) is 98.1 Å². The topological polar surface area (TPSA) is 49.8 Å². The second-order valence-electron chi connectivity index (χ2n) is 8.06. The molecule has 4 nitrogen and oxygen atoms in total. The zero-order valence-corrected chi connectivity index (χ0v) is 25.5. The first-order chi connectivity index (χ1) is 17.9. The fourth-order valence-corrected chi connectivity index (χ4v) is 3.46. The van der Waals surface area contributed by atoms with Crippen molar-refractivity contribution in [1.29, 1.82) is 0 Å². The number of piperidine rings is 1. The normalized spacial score (nSPS) is 16.9. The average molecular weight is 516 g/mol. The van der Waals surface area contributed by atoms with Gasteiger partial charge in [0.25, 0.3) is 0 Å². The number of carboxylic acids is 1. The number of ether oxygens (including phenoxy) is 1. The quantitative estimate of drug-likeness (QED) is 0.189. The van der Waals surface area contributed by atoms with Crippen LogP contribution in [0, 0.1) is 5.92 Å². The van der Waals surface area contributed by atoms with Crippen molar-refractivity contribution in [3.8, 4) is 0 Å². The van der Waals surface area contributed by atoms with Crippen LogP contribution in [0.15, 0.2) is 84.2 Å². The monoisotopic (exact) mass is 515 g/mol. The van der Waals surface area contributed by atoms with E-state index in [0.29, 0.717) is 0 Å². The summed E-state index contributed by atoms with van der Waals surface area (Å²) in [5.74, 6) is 0.871. The van der Waals surface area contributed by atoms with Gasteiger partial charge in [0, 0.05) is 18.7 Å². The number of aliphatic carboxylic acids is 1. The van der Waals surface area contributed by atoms with Crippen LogP contribution in [-0.4, -0.2) is 42.2 Å². The molecule has 212 valence electrons. The molecule has 1 atom stereocenters. The molecule has 0 aromatic carbocycles. The highest BCUT2D eigenvalue weighted by Crippen LogP contribution is 2.21. The van der Waals surface area contributed by atoms with E-state index in [1.54, 1.807) is 0 Å². The van der Waals surface area contributed by atoms with E-state index >= 15 is 0 Å². The van der Waals surface area contributed by atoms with Crippen molar-refractivity contribution in [2.45, 2.75) is 88.0 Å². The summed E-state index contributed by atoms with van der Waals surface area (Å²) in [6.45, 7) is 29.2. The maximum Gasteiger partial charge on any atom is 0.330 e. The van der Waals surface area contributed by atoms with Crippen LogP contribution in [0.4, 0.5) is 0 Å². The zero-order chi connectivity index (χ0) is 29.1. The second kappa shape index (κ2) is 28.0. The molecule has 1 aliphatic carbocycles. The van der Waals surface area contributed by atoms with Crippen LogP contribution in [-0.2, 0) is 9.53 Å². The third kappa shape index (κ3) is 21.2. The minimum absolute atomic E-state index is 0.176. The Labute approximate surface area is 229 Å². The second-order valence-corrected chi connectivity index (χ2v) is 8.06. The van der Waals surface area contributed by atoms with Gasteiger partial charge >= 0.3 is 5.97 Å². The lowest BCUT2D eigenvalue weighted by atomic mass is 10.0. The van der Waals surface area contributed by atoms with Crippen molar-refractivity contribution in [3.63, 3.8) is 0 Å². The molecule has 2 rings (SSSR count). The Balaban J connectivity index is -0.000000821. The highest BCUT2D eigenvalue weighted by atomic mass is 16.5. The van der Waals surface area contributed by atoms with E-state index in [9.17, 15) is 4.79 Å². The highest BCUT2D eigenvalue weighted by Gasteiger charge is 2.15. The Morgan fingerprint density at radius 3 is 2.32 bits per heavy atom. The molecule has 0 saturated carbocycles. The molecule has 1 N–H and O–H groups in total. The smallest absolute Gasteiger partial charge is 0.330 e. The molecule has 37 heavy (non-hydrogen) atoms. The third-order valence-corrected chi connectivity index (χ3v) is 5.08. The van der Waals surface area contributed by atoms with E-state index in [0.717, 1.165) is 37.7 Å². The lowest BCUT2D eigenvalue weighted by molar-refractivity contribution is -0.132. The van der Waals surface area contributed by atoms with Crippen molar-refractivity contribution in [2.75, 3.05) is 26.2 Å². The molecule has 1 heterocycles. The minimum atomic E-state index is -0.935. The van der Waals surface area contributed by atoms with Crippen LogP contribution in [0.25, 0.3) is 0 Å². The van der Waals surface area contributed by atoms with E-state index in [1.165, 1.54) is 44.0 Å². The average Bonchev–Trinajstić information content (AvgIpc) is 3.16. The maximum absolute atomic E-state index is 9.60. The zero-order valence-electron chi connectivity index (χ0n) is 25.5. The Morgan fingerprint density at radius 2 is 1.81 bits per heavy atom. The molecule has 1 fully saturated rings. The first-order valence-corrected chi connectivity index (χ1v) is 14.1. The number of carbonyl (C=O) groups is 1. The Hall–Kier alpha value is -2.59. The Kier molecular flexibility index (Phi) is 29.4. The van der Waals surface area contributed by atoms with Gasteiger partial charge in [0.15, 0.2) is 0 Å². The lowest BCUT2D eigenvalue weighted by Crippen LogP contribution is -2.35. The van der Waals surface area contributed by atoms with Crippen LogP contribution in [0.1, 0.15) is 88.0 Å². The number of likely N-dealkylation sites (tertiary alicyclic amines) is 1. The standard InChI is InChI=1S/C23H33NO.C4H6O2.3C2H6/c1-4-9-21(10-5-2)22-12-6-13-23(15-14-22)25-18-8-17-24-16-7-11-20(3)19-24;1-3(2)4(5)6;3*1-2/h4-6,9-10,13-15,20H,1,7-8,11-12,16-19H2,2-3H3;1H2,2H3,(H,5,6);3*1-2H3/b10-5-,21-9+;;;;/t20-;;;;/m0..../s1. The van der Waals surface area contributed by atoms with Gasteiger partial charge in [0.1, 0.15) is 5.76 Å². The van der Waals surface area contributed by atoms with Crippen molar-refractivity contribution in [2.24, 2.45) is 5.92 Å². The number of rotatable bonds is 9. The summed E-state index contributed by atoms with van der Waals surface area (Å²) in [5, 5.41) is 7.89. The SMILES string of the molecule is C=C(C)C(=O)O.C=C/C=C(\C=C/C)C1=CC=C(OCCCN2CCC[C@H](C)C2)C=CC1.CC.CC.CC. The molecule has 0 bridgehead atoms. The summed E-state index contributed by atoms with van der Waals surface area (Å²) in [4.78, 5) is 12.2. The van der Waals surface area contributed by atoms with E-state index in [2.05, 4.69) is 67.5 Å². The molecule has 0 radical (unpaired) electrons. The summed E-state index contributed by atoms with van der Waals surface area (Å²) in [7, 11) is 0. The molecule has 0 amide bonds. The van der Waals surface area contributed by atoms with Crippen molar-refractivity contribution in [1.82, 2.24) is 4.90 Å². The molecule has 0 unspecified atom stereocenters. The lowest BCUT2D eigenvalue weighted by Gasteiger charge is -2.30. The molecule has 0 aromatic heterocycles. The first-order valence-electron chi connectivity index (χ1n) is 14.1. The highest BCUT2D eigenvalue weighted by molar-refractivity contribution is 5.84. The van der Waals surface area contributed by atoms with Gasteiger partial charge < -0.3 is 14.7 Å². The number of nitrogens with zero attached hydrogens (tertiary/aromatic N) is 1. The summed E-state index contributed by atoms with van der Waals surface area (Å²) < 4.78 is 5.97. The van der Waals surface area contributed by atoms with Gasteiger partial charge in [-0.15, -0.1) is 0 Å². The van der Waals surface area contributed by atoms with Crippen LogP contribution in [0.2, 0.25) is 0 Å². The first kappa shape index (κ1) is 38.9. The fraction of sp³-hybridized carbons (Fsp3) is 0.545. The van der Waals surface area contributed by atoms with E-state index in [1.807, 2.05) is 54.5 Å². The van der Waals surface area contributed by atoms with E-state index < -0.39 is 5.97 Å². The van der Waals surface area contributed by atoms with Crippen molar-refractivity contribution >= 4 is 5.97 Å². The van der Waals surface area contributed by atoms with Gasteiger partial charge in [-0.2, -0.15) is 0 Å². The predicted molar refractivity (Wildman–Crippen MR) is 165 cm³/mol. The van der Waals surface area contributed by atoms with E-state index in [-0.39, 0.29) is 5.57 Å². The van der Waals surface area contributed by atoms with Crippen LogP contribution in [0.5, 0.6) is 0 Å². The number of hydrogen-bond acceptors (Lipinski definition) is 3. The largest absolute Gasteiger partial charge is 0.494 e. The maximum atomic E-state index is 9.60. The molecule has 4 heteroatoms. The molecular formula is C33H57NO3. The fourth-order valence-electron chi connectivity index (χ4n) is 3.46. The van der Waals surface area contributed by atoms with Crippen molar-refractivity contribution < 1.29 is 14.6 Å². The molecule has 1 aliphatic heterocycles. The molecular weight excluding hydrogens is 458 g/mol. The van der Waals surface area contributed by atoms with Crippen LogP contribution >= 0.6 is 0 Å². The van der Waals surface area contributed by atoms with Crippen molar-refractivity contribution in [3.05, 3.63) is 84.2 Å². The summed E-state index contributed by atoms with van der Waals surface area (Å²) in [5.41, 5.74) is 2.67. The van der Waals surface area contributed by atoms with Crippen LogP contribution < -0.4 is 0 Å². The summed E-state index contributed by atoms with van der Waals surface area (Å²) in [6.07, 6.45) is 21.3. The number of allylic oxidation sites excluding steroid dienone is 10. The third-order valence-electron chi connectivity index (χ3n) is 5.08. The predicted octanol–water partition coefficient (Wildman–Crippen LogP) is 9.31.